The lowest BCUT2D eigenvalue weighted by Crippen LogP contribution is -2.38. The molecule has 0 saturated carbocycles. The molecule has 0 radical (unpaired) electrons. The molecule has 4 atom stereocenters. The Balaban J connectivity index is 1.83. The van der Waals surface area contributed by atoms with Gasteiger partial charge in [0.1, 0.15) is 5.69 Å². The molecule has 1 aromatic carbocycles. The number of anilines is 1. The lowest BCUT2D eigenvalue weighted by Gasteiger charge is -2.24. The lowest BCUT2D eigenvalue weighted by atomic mass is 9.78. The van der Waals surface area contributed by atoms with Gasteiger partial charge >= 0.3 is 0 Å². The Bertz CT molecular complexity index is 807. The van der Waals surface area contributed by atoms with Gasteiger partial charge in [0.2, 0.25) is 11.8 Å². The predicted molar refractivity (Wildman–Crippen MR) is 82.7 cm³/mol. The topological polar surface area (TPSA) is 89.8 Å². The molecule has 118 valence electrons. The van der Waals surface area contributed by atoms with Gasteiger partial charge in [0.05, 0.1) is 28.5 Å². The quantitative estimate of drug-likeness (QED) is 0.340. The minimum Gasteiger partial charge on any atom is -0.362 e. The van der Waals surface area contributed by atoms with Gasteiger partial charge in [-0.3, -0.25) is 19.7 Å². The smallest absolute Gasteiger partial charge is 0.294 e. The average Bonchev–Trinajstić information content (AvgIpc) is 3.09. The highest BCUT2D eigenvalue weighted by Crippen LogP contribution is 2.53. The maximum atomic E-state index is 12.8. The molecule has 1 aromatic rings. The van der Waals surface area contributed by atoms with Crippen molar-refractivity contribution in [2.24, 2.45) is 11.8 Å². The van der Waals surface area contributed by atoms with E-state index in [0.717, 1.165) is 4.90 Å². The molecule has 3 heterocycles. The van der Waals surface area contributed by atoms with E-state index in [4.69, 9.17) is 4.74 Å². The monoisotopic (exact) mass is 378 g/mol. The van der Waals surface area contributed by atoms with Crippen molar-refractivity contribution in [2.45, 2.75) is 18.6 Å². The Morgan fingerprint density at radius 2 is 2.09 bits per heavy atom. The molecule has 8 heteroatoms. The third-order valence-electron chi connectivity index (χ3n) is 4.70. The Kier molecular flexibility index (Phi) is 2.83. The van der Waals surface area contributed by atoms with Gasteiger partial charge in [-0.1, -0.05) is 28.1 Å². The first-order valence-corrected chi connectivity index (χ1v) is 7.82. The van der Waals surface area contributed by atoms with E-state index in [0.29, 0.717) is 4.47 Å². The summed E-state index contributed by atoms with van der Waals surface area (Å²) in [5, 5.41) is 11.3. The van der Waals surface area contributed by atoms with Crippen molar-refractivity contribution in [1.29, 1.82) is 0 Å². The van der Waals surface area contributed by atoms with Gasteiger partial charge in [-0.2, -0.15) is 0 Å². The number of hydrogen-bond acceptors (Lipinski definition) is 5. The van der Waals surface area contributed by atoms with Crippen molar-refractivity contribution in [3.63, 3.8) is 0 Å². The molecule has 0 unspecified atom stereocenters. The van der Waals surface area contributed by atoms with Crippen LogP contribution in [0.2, 0.25) is 0 Å². The van der Waals surface area contributed by atoms with E-state index in [1.807, 2.05) is 0 Å². The highest BCUT2D eigenvalue weighted by molar-refractivity contribution is 9.10. The minimum absolute atomic E-state index is 0.00519. The summed E-state index contributed by atoms with van der Waals surface area (Å²) >= 11 is 3.17. The fraction of sp³-hybridized carbons (Fsp3) is 0.333. The molecular formula is C15H11BrN2O5. The second-order valence-corrected chi connectivity index (χ2v) is 6.95. The largest absolute Gasteiger partial charge is 0.362 e. The molecule has 0 spiro atoms. The van der Waals surface area contributed by atoms with Crippen molar-refractivity contribution in [2.75, 3.05) is 4.90 Å². The van der Waals surface area contributed by atoms with Crippen LogP contribution < -0.4 is 4.90 Å². The number of amides is 2. The number of hydrogen-bond donors (Lipinski definition) is 0. The Labute approximate surface area is 139 Å². The van der Waals surface area contributed by atoms with Gasteiger partial charge in [0.25, 0.3) is 5.69 Å². The SMILES string of the molecule is C[C@]12C=C[C@H](O1)[C@H]1C(=O)N(c3ccc(Br)cc3[N+](=O)[O-])C(=O)[C@@H]12. The number of halogens is 1. The lowest BCUT2D eigenvalue weighted by molar-refractivity contribution is -0.384. The first kappa shape index (κ1) is 14.5. The number of nitro groups is 1. The zero-order valence-electron chi connectivity index (χ0n) is 11.9. The number of ether oxygens (including phenoxy) is 1. The zero-order chi connectivity index (χ0) is 16.5. The maximum absolute atomic E-state index is 12.8. The van der Waals surface area contributed by atoms with Crippen molar-refractivity contribution in [1.82, 2.24) is 0 Å². The predicted octanol–water partition coefficient (Wildman–Crippen LogP) is 2.19. The normalized spacial score (nSPS) is 34.3. The van der Waals surface area contributed by atoms with Crippen LogP contribution in [-0.4, -0.2) is 28.4 Å². The van der Waals surface area contributed by atoms with Crippen LogP contribution in [0, 0.1) is 22.0 Å². The molecule has 3 aliphatic heterocycles. The minimum atomic E-state index is -0.818. The van der Waals surface area contributed by atoms with Crippen molar-refractivity contribution < 1.29 is 19.2 Å². The standard InChI is InChI=1S/C15H11BrN2O5/c1-15-5-4-10(23-15)11-12(15)14(20)17(13(11)19)8-3-2-7(16)6-9(8)18(21)22/h2-6,10-12H,1H3/t10-,11+,12+,15+/m0/s1. The van der Waals surface area contributed by atoms with Gasteiger partial charge in [0, 0.05) is 10.5 Å². The summed E-state index contributed by atoms with van der Waals surface area (Å²) in [4.78, 5) is 37.2. The highest BCUT2D eigenvalue weighted by Gasteiger charge is 2.66. The van der Waals surface area contributed by atoms with Crippen LogP contribution >= 0.6 is 15.9 Å². The van der Waals surface area contributed by atoms with Gasteiger partial charge < -0.3 is 4.74 Å². The Hall–Kier alpha value is -2.06. The Morgan fingerprint density at radius 3 is 2.74 bits per heavy atom. The molecule has 2 amide bonds. The Morgan fingerprint density at radius 1 is 1.35 bits per heavy atom. The molecule has 0 N–H and O–H groups in total. The van der Waals surface area contributed by atoms with E-state index < -0.39 is 40.3 Å². The fourth-order valence-corrected chi connectivity index (χ4v) is 4.07. The van der Waals surface area contributed by atoms with Crippen LogP contribution in [0.25, 0.3) is 0 Å². The van der Waals surface area contributed by atoms with E-state index >= 15 is 0 Å². The van der Waals surface area contributed by atoms with Gasteiger partial charge in [-0.25, -0.2) is 4.90 Å². The number of fused-ring (bicyclic) bond motifs is 5. The summed E-state index contributed by atoms with van der Waals surface area (Å²) in [7, 11) is 0. The number of carbonyl (C=O) groups excluding carboxylic acids is 2. The molecule has 7 nitrogen and oxygen atoms in total. The molecule has 2 bridgehead atoms. The number of nitrogens with zero attached hydrogens (tertiary/aromatic N) is 2. The summed E-state index contributed by atoms with van der Waals surface area (Å²) < 4.78 is 6.23. The first-order chi connectivity index (χ1) is 10.8. The van der Waals surface area contributed by atoms with E-state index in [1.54, 1.807) is 25.1 Å². The van der Waals surface area contributed by atoms with Gasteiger partial charge in [-0.15, -0.1) is 0 Å². The maximum Gasteiger partial charge on any atom is 0.294 e. The van der Waals surface area contributed by atoms with E-state index in [1.165, 1.54) is 12.1 Å². The molecule has 0 aromatic heterocycles. The summed E-state index contributed by atoms with van der Waals surface area (Å²) in [6.45, 7) is 1.76. The number of carbonyl (C=O) groups is 2. The van der Waals surface area contributed by atoms with Crippen LogP contribution in [0.1, 0.15) is 6.92 Å². The zero-order valence-corrected chi connectivity index (χ0v) is 13.5. The summed E-state index contributed by atoms with van der Waals surface area (Å²) in [5.41, 5.74) is -1.10. The molecule has 4 rings (SSSR count). The highest BCUT2D eigenvalue weighted by atomic mass is 79.9. The van der Waals surface area contributed by atoms with E-state index in [2.05, 4.69) is 15.9 Å². The summed E-state index contributed by atoms with van der Waals surface area (Å²) in [5.74, 6) is -2.13. The van der Waals surface area contributed by atoms with Crippen LogP contribution in [-0.2, 0) is 14.3 Å². The molecular weight excluding hydrogens is 368 g/mol. The van der Waals surface area contributed by atoms with Crippen LogP contribution in [0.5, 0.6) is 0 Å². The van der Waals surface area contributed by atoms with Crippen molar-refractivity contribution in [3.8, 4) is 0 Å². The molecule has 3 aliphatic rings. The number of rotatable bonds is 2. The first-order valence-electron chi connectivity index (χ1n) is 7.02. The molecule has 0 aliphatic carbocycles. The second-order valence-electron chi connectivity index (χ2n) is 6.03. The molecule has 2 fully saturated rings. The molecule has 23 heavy (non-hydrogen) atoms. The van der Waals surface area contributed by atoms with Crippen LogP contribution in [0.3, 0.4) is 0 Å². The van der Waals surface area contributed by atoms with Crippen LogP contribution in [0.15, 0.2) is 34.8 Å². The fourth-order valence-electron chi connectivity index (χ4n) is 3.72. The van der Waals surface area contributed by atoms with Gasteiger partial charge in [0.15, 0.2) is 0 Å². The molecule has 2 saturated heterocycles. The second kappa shape index (κ2) is 4.48. The summed E-state index contributed by atoms with van der Waals surface area (Å²) in [6, 6.07) is 4.27. The van der Waals surface area contributed by atoms with Crippen molar-refractivity contribution >= 4 is 39.1 Å². The van der Waals surface area contributed by atoms with E-state index in [9.17, 15) is 19.7 Å². The third kappa shape index (κ3) is 1.79. The van der Waals surface area contributed by atoms with Gasteiger partial charge in [-0.05, 0) is 19.1 Å². The number of nitro benzene ring substituents is 1. The third-order valence-corrected chi connectivity index (χ3v) is 5.20. The van der Waals surface area contributed by atoms with Crippen LogP contribution in [0.4, 0.5) is 11.4 Å². The number of benzene rings is 1. The summed E-state index contributed by atoms with van der Waals surface area (Å²) in [6.07, 6.45) is 3.14. The number of imide groups is 1. The van der Waals surface area contributed by atoms with Crippen molar-refractivity contribution in [3.05, 3.63) is 44.9 Å². The van der Waals surface area contributed by atoms with E-state index in [-0.39, 0.29) is 11.4 Å². The average molecular weight is 379 g/mol.